The van der Waals surface area contributed by atoms with Crippen LogP contribution in [0.5, 0.6) is 11.5 Å². The molecule has 0 spiro atoms. The van der Waals surface area contributed by atoms with Crippen molar-refractivity contribution in [3.63, 3.8) is 0 Å². The zero-order valence-corrected chi connectivity index (χ0v) is 18.3. The second kappa shape index (κ2) is 13.8. The van der Waals surface area contributed by atoms with Crippen LogP contribution in [0.1, 0.15) is 36.0 Å². The van der Waals surface area contributed by atoms with E-state index in [0.717, 1.165) is 49.4 Å². The molecule has 0 radical (unpaired) electrons. The van der Waals surface area contributed by atoms with E-state index >= 15 is 0 Å². The molecule has 0 heterocycles. The number of carbonyl (C=O) groups excluding carboxylic acids is 1. The molecule has 164 valence electrons. The van der Waals surface area contributed by atoms with E-state index in [1.165, 1.54) is 5.56 Å². The number of ether oxygens (including phenoxy) is 2. The summed E-state index contributed by atoms with van der Waals surface area (Å²) in [6.07, 6.45) is 6.78. The number of nitrogens with zero attached hydrogens (tertiary/aromatic N) is 1. The average Bonchev–Trinajstić information content (AvgIpc) is 2.80. The van der Waals surface area contributed by atoms with E-state index in [1.807, 2.05) is 36.4 Å². The molecule has 0 aliphatic carbocycles. The van der Waals surface area contributed by atoms with E-state index < -0.39 is 0 Å². The van der Waals surface area contributed by atoms with Crippen molar-refractivity contribution in [2.75, 3.05) is 33.9 Å². The van der Waals surface area contributed by atoms with Gasteiger partial charge in [-0.25, -0.2) is 0 Å². The summed E-state index contributed by atoms with van der Waals surface area (Å²) in [5.74, 6) is 1.49. The smallest absolute Gasteiger partial charge is 0.223 e. The molecule has 0 saturated carbocycles. The van der Waals surface area contributed by atoms with Crippen molar-refractivity contribution < 1.29 is 14.3 Å². The predicted molar refractivity (Wildman–Crippen MR) is 123 cm³/mol. The number of methoxy groups -OCH3 is 2. The lowest BCUT2D eigenvalue weighted by molar-refractivity contribution is -0.120. The van der Waals surface area contributed by atoms with Gasteiger partial charge in [-0.1, -0.05) is 36.4 Å². The molecule has 0 bridgehead atoms. The van der Waals surface area contributed by atoms with Crippen LogP contribution in [0.2, 0.25) is 0 Å². The van der Waals surface area contributed by atoms with E-state index in [9.17, 15) is 4.79 Å². The molecule has 2 aromatic rings. The zero-order valence-electron chi connectivity index (χ0n) is 18.3. The fourth-order valence-corrected chi connectivity index (χ4v) is 3.13. The third-order valence-corrected chi connectivity index (χ3v) is 4.80. The molecule has 6 heteroatoms. The van der Waals surface area contributed by atoms with E-state index in [1.54, 1.807) is 26.4 Å². The summed E-state index contributed by atoms with van der Waals surface area (Å²) in [7, 11) is 3.28. The zero-order chi connectivity index (χ0) is 22.3. The van der Waals surface area contributed by atoms with Crippen LogP contribution in [-0.4, -0.2) is 39.8 Å². The summed E-state index contributed by atoms with van der Waals surface area (Å²) in [6, 6.07) is 15.5. The number of amides is 1. The maximum Gasteiger partial charge on any atom is 0.223 e. The molecule has 0 aromatic heterocycles. The number of nitriles is 1. The Labute approximate surface area is 184 Å². The van der Waals surface area contributed by atoms with Gasteiger partial charge >= 0.3 is 0 Å². The Hall–Kier alpha value is -3.30. The van der Waals surface area contributed by atoms with Gasteiger partial charge in [0.15, 0.2) is 11.5 Å². The van der Waals surface area contributed by atoms with Crippen molar-refractivity contribution in [3.8, 4) is 17.6 Å². The summed E-state index contributed by atoms with van der Waals surface area (Å²) < 4.78 is 10.6. The molecule has 1 amide bonds. The first-order valence-electron chi connectivity index (χ1n) is 10.5. The second-order valence-corrected chi connectivity index (χ2v) is 7.05. The maximum atomic E-state index is 11.9. The van der Waals surface area contributed by atoms with Crippen molar-refractivity contribution >= 4 is 12.0 Å². The topological polar surface area (TPSA) is 83.4 Å². The third kappa shape index (κ3) is 8.53. The SMILES string of the molecule is COc1ccc(CCCNCCCNC(=O)C/C=C/c2ccccc2C#N)cc1OC. The Kier molecular flexibility index (Phi) is 10.7. The fraction of sp³-hybridized carbons (Fsp3) is 0.360. The van der Waals surface area contributed by atoms with Crippen LogP contribution in [0.4, 0.5) is 0 Å². The quantitative estimate of drug-likeness (QED) is 0.482. The minimum Gasteiger partial charge on any atom is -0.493 e. The Morgan fingerprint density at radius 2 is 1.81 bits per heavy atom. The van der Waals surface area contributed by atoms with Crippen LogP contribution < -0.4 is 20.1 Å². The van der Waals surface area contributed by atoms with Crippen LogP contribution in [0.25, 0.3) is 6.08 Å². The minimum absolute atomic E-state index is 0.0147. The number of hydrogen-bond donors (Lipinski definition) is 2. The molecule has 0 fully saturated rings. The summed E-state index contributed by atoms with van der Waals surface area (Å²) in [5, 5.41) is 15.4. The Morgan fingerprint density at radius 3 is 2.58 bits per heavy atom. The normalized spacial score (nSPS) is 10.6. The number of aryl methyl sites for hydroxylation is 1. The van der Waals surface area contributed by atoms with Crippen molar-refractivity contribution in [2.24, 2.45) is 0 Å². The van der Waals surface area contributed by atoms with Gasteiger partial charge in [-0.05, 0) is 61.7 Å². The molecule has 0 unspecified atom stereocenters. The number of benzene rings is 2. The molecule has 0 aliphatic heterocycles. The highest BCUT2D eigenvalue weighted by molar-refractivity contribution is 5.78. The standard InChI is InChI=1S/C25H31N3O3/c1-30-23-14-13-20(18-24(23)31-2)8-6-15-27-16-7-17-28-25(29)12-5-11-21-9-3-4-10-22(21)19-26/h3-5,9-11,13-14,18,27H,6-8,12,15-17H2,1-2H3,(H,28,29)/b11-5+. The summed E-state index contributed by atoms with van der Waals surface area (Å²) in [4.78, 5) is 11.9. The van der Waals surface area contributed by atoms with Gasteiger partial charge in [-0.2, -0.15) is 5.26 Å². The summed E-state index contributed by atoms with van der Waals surface area (Å²) in [6.45, 7) is 2.42. The Bertz CT molecular complexity index is 903. The van der Waals surface area contributed by atoms with Gasteiger partial charge in [-0.15, -0.1) is 0 Å². The summed E-state index contributed by atoms with van der Waals surface area (Å²) in [5.41, 5.74) is 2.66. The molecule has 0 atom stereocenters. The summed E-state index contributed by atoms with van der Waals surface area (Å²) >= 11 is 0. The highest BCUT2D eigenvalue weighted by Crippen LogP contribution is 2.27. The number of hydrogen-bond acceptors (Lipinski definition) is 5. The van der Waals surface area contributed by atoms with Crippen molar-refractivity contribution in [1.29, 1.82) is 5.26 Å². The lowest BCUT2D eigenvalue weighted by atomic mass is 10.1. The van der Waals surface area contributed by atoms with Crippen LogP contribution >= 0.6 is 0 Å². The van der Waals surface area contributed by atoms with Gasteiger partial charge in [0.2, 0.25) is 5.91 Å². The van der Waals surface area contributed by atoms with Crippen LogP contribution in [0.15, 0.2) is 48.5 Å². The van der Waals surface area contributed by atoms with Gasteiger partial charge in [0.1, 0.15) is 0 Å². The van der Waals surface area contributed by atoms with Gasteiger partial charge in [-0.3, -0.25) is 4.79 Å². The lowest BCUT2D eigenvalue weighted by Crippen LogP contribution is -2.27. The minimum atomic E-state index is -0.0147. The molecule has 0 aliphatic rings. The first-order valence-corrected chi connectivity index (χ1v) is 10.5. The fourth-order valence-electron chi connectivity index (χ4n) is 3.13. The first kappa shape index (κ1) is 24.0. The van der Waals surface area contributed by atoms with E-state index in [0.29, 0.717) is 18.5 Å². The third-order valence-electron chi connectivity index (χ3n) is 4.80. The van der Waals surface area contributed by atoms with Crippen molar-refractivity contribution in [3.05, 3.63) is 65.2 Å². The van der Waals surface area contributed by atoms with Gasteiger partial charge in [0, 0.05) is 13.0 Å². The van der Waals surface area contributed by atoms with E-state index in [-0.39, 0.29) is 5.91 Å². The van der Waals surface area contributed by atoms with Crippen LogP contribution in [0, 0.1) is 11.3 Å². The molecular formula is C25H31N3O3. The Morgan fingerprint density at radius 1 is 1.03 bits per heavy atom. The second-order valence-electron chi connectivity index (χ2n) is 7.05. The average molecular weight is 422 g/mol. The number of rotatable bonds is 13. The largest absolute Gasteiger partial charge is 0.493 e. The number of carbonyl (C=O) groups is 1. The molecule has 2 rings (SSSR count). The van der Waals surface area contributed by atoms with Gasteiger partial charge < -0.3 is 20.1 Å². The monoisotopic (exact) mass is 421 g/mol. The predicted octanol–water partition coefficient (Wildman–Crippen LogP) is 3.71. The van der Waals surface area contributed by atoms with Gasteiger partial charge in [0.05, 0.1) is 25.9 Å². The molecular weight excluding hydrogens is 390 g/mol. The number of nitrogens with one attached hydrogen (secondary N) is 2. The lowest BCUT2D eigenvalue weighted by Gasteiger charge is -2.10. The Balaban J connectivity index is 1.54. The van der Waals surface area contributed by atoms with Gasteiger partial charge in [0.25, 0.3) is 0 Å². The first-order chi connectivity index (χ1) is 15.2. The van der Waals surface area contributed by atoms with E-state index in [2.05, 4.69) is 22.8 Å². The molecule has 2 N–H and O–H groups in total. The van der Waals surface area contributed by atoms with Crippen LogP contribution in [0.3, 0.4) is 0 Å². The van der Waals surface area contributed by atoms with Crippen molar-refractivity contribution in [2.45, 2.75) is 25.7 Å². The molecule has 6 nitrogen and oxygen atoms in total. The highest BCUT2D eigenvalue weighted by Gasteiger charge is 2.04. The van der Waals surface area contributed by atoms with E-state index in [4.69, 9.17) is 14.7 Å². The molecule has 2 aromatic carbocycles. The maximum absolute atomic E-state index is 11.9. The molecule has 0 saturated heterocycles. The van der Waals surface area contributed by atoms with Crippen LogP contribution in [-0.2, 0) is 11.2 Å². The highest BCUT2D eigenvalue weighted by atomic mass is 16.5. The van der Waals surface area contributed by atoms with Crippen molar-refractivity contribution in [1.82, 2.24) is 10.6 Å². The molecule has 31 heavy (non-hydrogen) atoms.